The molecule has 6 nitrogen and oxygen atoms in total. The molecule has 1 aliphatic heterocycles. The van der Waals surface area contributed by atoms with Gasteiger partial charge < -0.3 is 15.0 Å². The van der Waals surface area contributed by atoms with Gasteiger partial charge in [-0.1, -0.05) is 57.5 Å². The maximum atomic E-state index is 11.1. The van der Waals surface area contributed by atoms with E-state index in [2.05, 4.69) is 71.3 Å². The first-order valence-electron chi connectivity index (χ1n) is 12.9. The lowest BCUT2D eigenvalue weighted by molar-refractivity contribution is 0.0341. The number of benzene rings is 1. The molecule has 0 saturated carbocycles. The molecular formula is C30H42N4O2. The van der Waals surface area contributed by atoms with Crippen molar-refractivity contribution in [1.29, 1.82) is 0 Å². The first-order valence-corrected chi connectivity index (χ1v) is 12.9. The van der Waals surface area contributed by atoms with Crippen molar-refractivity contribution < 1.29 is 9.53 Å². The Morgan fingerprint density at radius 1 is 1.06 bits per heavy atom. The maximum absolute atomic E-state index is 11.1. The molecule has 3 heterocycles. The summed E-state index contributed by atoms with van der Waals surface area (Å²) in [5, 5.41) is 2.93. The number of nitrogens with zero attached hydrogens (tertiary/aromatic N) is 2. The average Bonchev–Trinajstić information content (AvgIpc) is 3.30. The fourth-order valence-electron chi connectivity index (χ4n) is 3.58. The van der Waals surface area contributed by atoms with Gasteiger partial charge in [-0.3, -0.25) is 14.7 Å². The van der Waals surface area contributed by atoms with Crippen LogP contribution in [0.15, 0.2) is 48.7 Å². The van der Waals surface area contributed by atoms with Crippen LogP contribution in [-0.2, 0) is 11.3 Å². The molecule has 0 atom stereocenters. The SMILES string of the molecule is CCC.CCNC.Cc1[nH]c(-c2ccnc(/C=C/c3ccccc3CN3CCOCC3)c2)cc1C=O. The molecule has 0 aliphatic carbocycles. The second kappa shape index (κ2) is 16.6. The van der Waals surface area contributed by atoms with Gasteiger partial charge in [-0.15, -0.1) is 0 Å². The summed E-state index contributed by atoms with van der Waals surface area (Å²) >= 11 is 0. The van der Waals surface area contributed by atoms with E-state index in [1.807, 2.05) is 38.2 Å². The molecule has 3 aromatic rings. The van der Waals surface area contributed by atoms with Crippen LogP contribution in [0.1, 0.15) is 60.1 Å². The Morgan fingerprint density at radius 2 is 1.75 bits per heavy atom. The minimum atomic E-state index is 0.686. The zero-order chi connectivity index (χ0) is 26.2. The van der Waals surface area contributed by atoms with Crippen LogP contribution < -0.4 is 5.32 Å². The standard InChI is InChI=1S/C24H25N3O2.C3H9N.C3H8/c1-18-22(17-28)15-24(26-18)20-8-9-25-23(14-20)7-6-19-4-2-3-5-21(19)16-27-10-12-29-13-11-27;1-3-4-2;1-3-2/h2-9,14-15,17,26H,10-13,16H2,1H3;4H,3H2,1-2H3;3H2,1-2H3/b7-6+;;. The Bertz CT molecular complexity index is 1070. The lowest BCUT2D eigenvalue weighted by Gasteiger charge is -2.27. The first-order chi connectivity index (χ1) is 17.6. The average molecular weight is 491 g/mol. The van der Waals surface area contributed by atoms with Crippen LogP contribution in [0, 0.1) is 6.92 Å². The van der Waals surface area contributed by atoms with E-state index in [9.17, 15) is 4.79 Å². The van der Waals surface area contributed by atoms with E-state index in [-0.39, 0.29) is 0 Å². The Kier molecular flexibility index (Phi) is 13.4. The fraction of sp³-hybridized carbons (Fsp3) is 0.400. The van der Waals surface area contributed by atoms with Crippen molar-refractivity contribution in [1.82, 2.24) is 20.2 Å². The lowest BCUT2D eigenvalue weighted by Crippen LogP contribution is -2.35. The van der Waals surface area contributed by atoms with Gasteiger partial charge in [0.15, 0.2) is 6.29 Å². The van der Waals surface area contributed by atoms with E-state index in [1.165, 1.54) is 17.5 Å². The molecule has 194 valence electrons. The number of carbonyl (C=O) groups is 1. The lowest BCUT2D eigenvalue weighted by atomic mass is 10.1. The highest BCUT2D eigenvalue weighted by Gasteiger charge is 2.12. The van der Waals surface area contributed by atoms with E-state index >= 15 is 0 Å². The van der Waals surface area contributed by atoms with Crippen LogP contribution in [-0.4, -0.2) is 61.0 Å². The summed E-state index contributed by atoms with van der Waals surface area (Å²) in [6.45, 7) is 13.8. The predicted octanol–water partition coefficient (Wildman–Crippen LogP) is 5.84. The van der Waals surface area contributed by atoms with Crippen molar-refractivity contribution in [2.24, 2.45) is 0 Å². The van der Waals surface area contributed by atoms with E-state index in [0.29, 0.717) is 5.56 Å². The Labute approximate surface area is 216 Å². The minimum Gasteiger partial charge on any atom is -0.379 e. The van der Waals surface area contributed by atoms with E-state index in [4.69, 9.17) is 4.74 Å². The highest BCUT2D eigenvalue weighted by Crippen LogP contribution is 2.22. The zero-order valence-corrected chi connectivity index (χ0v) is 22.5. The first kappa shape index (κ1) is 29.2. The Hall–Kier alpha value is -3.06. The number of aromatic amines is 1. The normalized spacial score (nSPS) is 13.5. The second-order valence-electron chi connectivity index (χ2n) is 8.69. The van der Waals surface area contributed by atoms with Crippen LogP contribution >= 0.6 is 0 Å². The number of nitrogens with one attached hydrogen (secondary N) is 2. The van der Waals surface area contributed by atoms with Gasteiger partial charge >= 0.3 is 0 Å². The van der Waals surface area contributed by atoms with Crippen LogP contribution in [0.3, 0.4) is 0 Å². The molecule has 0 unspecified atom stereocenters. The van der Waals surface area contributed by atoms with Gasteiger partial charge in [-0.25, -0.2) is 0 Å². The number of hydrogen-bond donors (Lipinski definition) is 2. The molecule has 1 fully saturated rings. The molecule has 0 bridgehead atoms. The van der Waals surface area contributed by atoms with Crippen LogP contribution in [0.2, 0.25) is 0 Å². The summed E-state index contributed by atoms with van der Waals surface area (Å²) in [6, 6.07) is 14.3. The number of ether oxygens (including phenoxy) is 1. The second-order valence-corrected chi connectivity index (χ2v) is 8.69. The number of morpholine rings is 1. The molecule has 4 rings (SSSR count). The van der Waals surface area contributed by atoms with Crippen LogP contribution in [0.5, 0.6) is 0 Å². The predicted molar refractivity (Wildman–Crippen MR) is 151 cm³/mol. The number of pyridine rings is 1. The molecule has 1 aliphatic rings. The van der Waals surface area contributed by atoms with E-state index < -0.39 is 0 Å². The third kappa shape index (κ3) is 9.53. The highest BCUT2D eigenvalue weighted by atomic mass is 16.5. The molecular weight excluding hydrogens is 448 g/mol. The van der Waals surface area contributed by atoms with Crippen molar-refractivity contribution in [3.8, 4) is 11.3 Å². The van der Waals surface area contributed by atoms with Crippen molar-refractivity contribution in [3.63, 3.8) is 0 Å². The molecule has 0 radical (unpaired) electrons. The number of hydrogen-bond acceptors (Lipinski definition) is 5. The summed E-state index contributed by atoms with van der Waals surface area (Å²) in [7, 11) is 1.93. The quantitative estimate of drug-likeness (QED) is 0.407. The number of carbonyl (C=O) groups excluding carboxylic acids is 1. The number of aldehydes is 1. The van der Waals surface area contributed by atoms with Gasteiger partial charge in [0, 0.05) is 48.3 Å². The minimum absolute atomic E-state index is 0.686. The smallest absolute Gasteiger partial charge is 0.151 e. The Balaban J connectivity index is 0.000000583. The van der Waals surface area contributed by atoms with Gasteiger partial charge in [-0.05, 0) is 55.9 Å². The third-order valence-corrected chi connectivity index (χ3v) is 5.61. The molecule has 1 saturated heterocycles. The third-order valence-electron chi connectivity index (χ3n) is 5.61. The fourth-order valence-corrected chi connectivity index (χ4v) is 3.58. The summed E-state index contributed by atoms with van der Waals surface area (Å²) in [5.41, 5.74) is 6.88. The van der Waals surface area contributed by atoms with Crippen LogP contribution in [0.25, 0.3) is 23.4 Å². The molecule has 6 heteroatoms. The molecule has 36 heavy (non-hydrogen) atoms. The largest absolute Gasteiger partial charge is 0.379 e. The summed E-state index contributed by atoms with van der Waals surface area (Å²) in [5.74, 6) is 0. The number of aryl methyl sites for hydroxylation is 1. The highest BCUT2D eigenvalue weighted by molar-refractivity contribution is 5.81. The van der Waals surface area contributed by atoms with Crippen molar-refractivity contribution >= 4 is 18.4 Å². The molecule has 0 spiro atoms. The van der Waals surface area contributed by atoms with Crippen molar-refractivity contribution in [3.05, 3.63) is 76.7 Å². The number of rotatable bonds is 7. The zero-order valence-electron chi connectivity index (χ0n) is 22.5. The molecule has 2 N–H and O–H groups in total. The topological polar surface area (TPSA) is 70.2 Å². The monoisotopic (exact) mass is 490 g/mol. The molecule has 1 aromatic carbocycles. The van der Waals surface area contributed by atoms with Crippen molar-refractivity contribution in [2.45, 2.75) is 40.7 Å². The van der Waals surface area contributed by atoms with Crippen molar-refractivity contribution in [2.75, 3.05) is 39.9 Å². The Morgan fingerprint density at radius 3 is 2.39 bits per heavy atom. The van der Waals surface area contributed by atoms with Gasteiger partial charge in [0.05, 0.1) is 18.9 Å². The summed E-state index contributed by atoms with van der Waals surface area (Å²) < 4.78 is 5.45. The number of aromatic nitrogens is 2. The molecule has 0 amide bonds. The summed E-state index contributed by atoms with van der Waals surface area (Å²) in [6.07, 6.45) is 8.09. The molecule has 2 aromatic heterocycles. The van der Waals surface area contributed by atoms with Gasteiger partial charge in [0.2, 0.25) is 0 Å². The van der Waals surface area contributed by atoms with E-state index in [0.717, 1.165) is 68.3 Å². The van der Waals surface area contributed by atoms with Crippen LogP contribution in [0.4, 0.5) is 0 Å². The number of H-pyrrole nitrogens is 1. The van der Waals surface area contributed by atoms with Gasteiger partial charge in [0.1, 0.15) is 0 Å². The maximum Gasteiger partial charge on any atom is 0.151 e. The van der Waals surface area contributed by atoms with Gasteiger partial charge in [0.25, 0.3) is 0 Å². The van der Waals surface area contributed by atoms with E-state index in [1.54, 1.807) is 6.20 Å². The summed E-state index contributed by atoms with van der Waals surface area (Å²) in [4.78, 5) is 21.3. The van der Waals surface area contributed by atoms with Gasteiger partial charge in [-0.2, -0.15) is 0 Å².